The molecule has 39 heavy (non-hydrogen) atoms. The van der Waals surface area contributed by atoms with Crippen molar-refractivity contribution < 1.29 is 23.1 Å². The molecule has 0 aliphatic carbocycles. The molecule has 0 spiro atoms. The number of nitrogens with one attached hydrogen (secondary N) is 1. The van der Waals surface area contributed by atoms with Gasteiger partial charge in [0.05, 0.1) is 29.1 Å². The summed E-state index contributed by atoms with van der Waals surface area (Å²) in [5, 5.41) is 10.8. The summed E-state index contributed by atoms with van der Waals surface area (Å²) in [6.45, 7) is 12.0. The number of hydrogen-bond donors (Lipinski definition) is 2. The van der Waals surface area contributed by atoms with Crippen LogP contribution in [0.25, 0.3) is 10.8 Å². The van der Waals surface area contributed by atoms with Gasteiger partial charge in [0.25, 0.3) is 15.6 Å². The van der Waals surface area contributed by atoms with Crippen LogP contribution >= 0.6 is 0 Å². The van der Waals surface area contributed by atoms with E-state index in [1.165, 1.54) is 17.0 Å². The van der Waals surface area contributed by atoms with Crippen LogP contribution in [-0.4, -0.2) is 41.2 Å². The predicted octanol–water partition coefficient (Wildman–Crippen LogP) is 5.92. The van der Waals surface area contributed by atoms with Crippen LogP contribution in [0.5, 0.6) is 5.75 Å². The number of carboxylic acid groups (broad SMARTS) is 1. The second-order valence-corrected chi connectivity index (χ2v) is 12.7. The first-order valence-corrected chi connectivity index (χ1v) is 14.6. The summed E-state index contributed by atoms with van der Waals surface area (Å²) in [7, 11) is -3.87. The van der Waals surface area contributed by atoms with E-state index in [1.807, 2.05) is 20.8 Å². The molecule has 2 N–H and O–H groups in total. The quantitative estimate of drug-likeness (QED) is 0.283. The zero-order valence-corrected chi connectivity index (χ0v) is 24.3. The lowest BCUT2D eigenvalue weighted by molar-refractivity contribution is 0.0927. The van der Waals surface area contributed by atoms with Gasteiger partial charge in [0.2, 0.25) is 0 Å². The van der Waals surface area contributed by atoms with Crippen LogP contribution in [0, 0.1) is 5.92 Å². The SMILES string of the molecule is CCCCOc1c(CN(C(=O)O)C(C)(C)C)n(CC(C)C)c(=O)c2ccc(NS(=O)(=O)c3ccccc3)cc12. The van der Waals surface area contributed by atoms with Crippen LogP contribution in [0.1, 0.15) is 60.1 Å². The molecule has 212 valence electrons. The summed E-state index contributed by atoms with van der Waals surface area (Å²) in [6.07, 6.45) is 0.520. The minimum Gasteiger partial charge on any atom is -0.491 e. The van der Waals surface area contributed by atoms with E-state index in [2.05, 4.69) is 4.72 Å². The van der Waals surface area contributed by atoms with Crippen LogP contribution in [0.3, 0.4) is 0 Å². The van der Waals surface area contributed by atoms with Crippen LogP contribution in [0.2, 0.25) is 0 Å². The minimum absolute atomic E-state index is 0.0713. The van der Waals surface area contributed by atoms with Crippen molar-refractivity contribution in [2.24, 2.45) is 5.92 Å². The van der Waals surface area contributed by atoms with Gasteiger partial charge < -0.3 is 14.4 Å². The lowest BCUT2D eigenvalue weighted by atomic mass is 10.0. The van der Waals surface area contributed by atoms with Crippen molar-refractivity contribution in [3.8, 4) is 5.75 Å². The Bertz CT molecular complexity index is 1470. The van der Waals surface area contributed by atoms with Crippen LogP contribution < -0.4 is 15.0 Å². The van der Waals surface area contributed by atoms with Gasteiger partial charge in [0.15, 0.2) is 0 Å². The monoisotopic (exact) mass is 557 g/mol. The first-order valence-electron chi connectivity index (χ1n) is 13.2. The lowest BCUT2D eigenvalue weighted by Gasteiger charge is -2.34. The van der Waals surface area contributed by atoms with E-state index in [4.69, 9.17) is 4.74 Å². The molecule has 0 aliphatic rings. The van der Waals surface area contributed by atoms with Crippen LogP contribution in [0.15, 0.2) is 58.2 Å². The first kappa shape index (κ1) is 30.0. The topological polar surface area (TPSA) is 118 Å². The predicted molar refractivity (Wildman–Crippen MR) is 154 cm³/mol. The second-order valence-electron chi connectivity index (χ2n) is 11.0. The van der Waals surface area contributed by atoms with Crippen molar-refractivity contribution in [2.45, 2.75) is 77.9 Å². The largest absolute Gasteiger partial charge is 0.491 e. The molecule has 3 aromatic rings. The molecule has 0 fully saturated rings. The summed E-state index contributed by atoms with van der Waals surface area (Å²) in [5.41, 5.74) is -0.316. The molecule has 0 aliphatic heterocycles. The molecule has 0 radical (unpaired) electrons. The van der Waals surface area contributed by atoms with Gasteiger partial charge in [-0.25, -0.2) is 13.2 Å². The van der Waals surface area contributed by atoms with Gasteiger partial charge in [0.1, 0.15) is 5.75 Å². The van der Waals surface area contributed by atoms with Crippen molar-refractivity contribution in [2.75, 3.05) is 11.3 Å². The maximum atomic E-state index is 13.8. The molecule has 2 aromatic carbocycles. The second kappa shape index (κ2) is 12.1. The molecule has 9 nitrogen and oxygen atoms in total. The number of aromatic nitrogens is 1. The Morgan fingerprint density at radius 3 is 2.33 bits per heavy atom. The van der Waals surface area contributed by atoms with Gasteiger partial charge >= 0.3 is 6.09 Å². The molecule has 0 unspecified atom stereocenters. The Balaban J connectivity index is 2.28. The lowest BCUT2D eigenvalue weighted by Crippen LogP contribution is -2.45. The molecule has 1 amide bonds. The fraction of sp³-hybridized carbons (Fsp3) is 0.448. The number of fused-ring (bicyclic) bond motifs is 1. The van der Waals surface area contributed by atoms with Crippen LogP contribution in [0.4, 0.5) is 10.5 Å². The molecule has 10 heteroatoms. The molecule has 3 rings (SSSR count). The maximum absolute atomic E-state index is 13.8. The van der Waals surface area contributed by atoms with Crippen LogP contribution in [-0.2, 0) is 23.1 Å². The number of nitrogens with zero attached hydrogens (tertiary/aromatic N) is 2. The molecule has 1 heterocycles. The summed E-state index contributed by atoms with van der Waals surface area (Å²) >= 11 is 0. The van der Waals surface area contributed by atoms with Gasteiger partial charge in [-0.15, -0.1) is 0 Å². The zero-order valence-electron chi connectivity index (χ0n) is 23.5. The number of rotatable bonds is 11. The number of unbranched alkanes of at least 4 members (excludes halogenated alkanes) is 1. The number of ether oxygens (including phenoxy) is 1. The van der Waals surface area contributed by atoms with E-state index in [9.17, 15) is 23.1 Å². The van der Waals surface area contributed by atoms with E-state index < -0.39 is 21.7 Å². The van der Waals surface area contributed by atoms with Gasteiger partial charge in [0, 0.05) is 23.2 Å². The average Bonchev–Trinajstić information content (AvgIpc) is 2.85. The smallest absolute Gasteiger partial charge is 0.408 e. The Kier molecular flexibility index (Phi) is 9.32. The molecular weight excluding hydrogens is 518 g/mol. The maximum Gasteiger partial charge on any atom is 0.408 e. The first-order chi connectivity index (χ1) is 18.3. The third-order valence-corrected chi connectivity index (χ3v) is 7.67. The third kappa shape index (κ3) is 7.11. The normalized spacial score (nSPS) is 12.1. The fourth-order valence-electron chi connectivity index (χ4n) is 4.28. The van der Waals surface area contributed by atoms with E-state index >= 15 is 0 Å². The molecular formula is C29H39N3O6S. The van der Waals surface area contributed by atoms with Crippen molar-refractivity contribution in [3.63, 3.8) is 0 Å². The Hall–Kier alpha value is -3.53. The Morgan fingerprint density at radius 1 is 1.10 bits per heavy atom. The number of sulfonamides is 1. The number of carbonyl (C=O) groups is 1. The van der Waals surface area contributed by atoms with Crippen molar-refractivity contribution in [1.29, 1.82) is 0 Å². The summed E-state index contributed by atoms with van der Waals surface area (Å²) in [4.78, 5) is 27.4. The molecule has 0 bridgehead atoms. The molecule has 1 aromatic heterocycles. The van der Waals surface area contributed by atoms with Gasteiger partial charge in [-0.3, -0.25) is 14.4 Å². The number of amides is 1. The molecule has 0 saturated heterocycles. The fourth-order valence-corrected chi connectivity index (χ4v) is 5.35. The standard InChI is InChI=1S/C29H39N3O6S/c1-7-8-16-38-26-24-17-21(30-39(36,37)22-12-10-9-11-13-22)14-15-23(24)27(33)31(18-20(2)3)25(26)19-32(28(34)35)29(4,5)6/h9-15,17,20,30H,7-8,16,18-19H2,1-6H3,(H,34,35). The van der Waals surface area contributed by atoms with Crippen molar-refractivity contribution in [1.82, 2.24) is 9.47 Å². The van der Waals surface area contributed by atoms with Gasteiger partial charge in [-0.05, 0) is 63.4 Å². The Morgan fingerprint density at radius 2 is 1.77 bits per heavy atom. The Labute approximate surface area is 230 Å². The highest BCUT2D eigenvalue weighted by molar-refractivity contribution is 7.92. The number of hydrogen-bond acceptors (Lipinski definition) is 5. The van der Waals surface area contributed by atoms with E-state index in [1.54, 1.807) is 61.7 Å². The summed E-state index contributed by atoms with van der Waals surface area (Å²) in [6, 6.07) is 12.7. The highest BCUT2D eigenvalue weighted by Gasteiger charge is 2.30. The third-order valence-electron chi connectivity index (χ3n) is 6.27. The van der Waals surface area contributed by atoms with Gasteiger partial charge in [-0.1, -0.05) is 45.4 Å². The molecule has 0 atom stereocenters. The highest BCUT2D eigenvalue weighted by atomic mass is 32.2. The van der Waals surface area contributed by atoms with Crippen molar-refractivity contribution >= 4 is 32.6 Å². The van der Waals surface area contributed by atoms with E-state index in [-0.39, 0.29) is 28.6 Å². The molecule has 0 saturated carbocycles. The number of anilines is 1. The average molecular weight is 558 g/mol. The number of benzene rings is 2. The summed E-state index contributed by atoms with van der Waals surface area (Å²) in [5.74, 6) is 0.488. The van der Waals surface area contributed by atoms with Gasteiger partial charge in [-0.2, -0.15) is 0 Å². The van der Waals surface area contributed by atoms with E-state index in [0.717, 1.165) is 12.8 Å². The van der Waals surface area contributed by atoms with Crippen molar-refractivity contribution in [3.05, 3.63) is 64.6 Å². The summed E-state index contributed by atoms with van der Waals surface area (Å²) < 4.78 is 36.5. The van der Waals surface area contributed by atoms with E-state index in [0.29, 0.717) is 35.4 Å². The zero-order chi connectivity index (χ0) is 29.0. The highest BCUT2D eigenvalue weighted by Crippen LogP contribution is 2.33. The number of pyridine rings is 1. The minimum atomic E-state index is -3.87.